The van der Waals surface area contributed by atoms with E-state index in [9.17, 15) is 9.59 Å². The first-order valence-electron chi connectivity index (χ1n) is 7.06. The van der Waals surface area contributed by atoms with Crippen LogP contribution in [0.15, 0.2) is 42.0 Å². The standard InChI is InChI=1S/C16H19N3O3/c1-3-9-17-15(20)11-22-16(21)13-4-6-14(7-5-13)19-10-8-12(2)18-19/h3-7H,1,8-11H2,2H3,(H,17,20). The number of rotatable bonds is 6. The second kappa shape index (κ2) is 7.40. The molecule has 0 aromatic heterocycles. The van der Waals surface area contributed by atoms with E-state index in [2.05, 4.69) is 17.0 Å². The predicted octanol–water partition coefficient (Wildman–Crippen LogP) is 1.73. The number of amides is 1. The van der Waals surface area contributed by atoms with Crippen molar-refractivity contribution in [1.82, 2.24) is 5.32 Å². The van der Waals surface area contributed by atoms with E-state index >= 15 is 0 Å². The molecule has 116 valence electrons. The van der Waals surface area contributed by atoms with Gasteiger partial charge < -0.3 is 10.1 Å². The molecule has 1 amide bonds. The Morgan fingerprint density at radius 2 is 2.14 bits per heavy atom. The molecule has 0 radical (unpaired) electrons. The lowest BCUT2D eigenvalue weighted by molar-refractivity contribution is -0.124. The largest absolute Gasteiger partial charge is 0.452 e. The summed E-state index contributed by atoms with van der Waals surface area (Å²) in [6, 6.07) is 6.97. The molecule has 0 aliphatic carbocycles. The number of carbonyl (C=O) groups is 2. The van der Waals surface area contributed by atoms with E-state index in [0.717, 1.165) is 24.4 Å². The van der Waals surface area contributed by atoms with Crippen LogP contribution >= 0.6 is 0 Å². The summed E-state index contributed by atoms with van der Waals surface area (Å²) < 4.78 is 4.94. The van der Waals surface area contributed by atoms with Gasteiger partial charge in [0.15, 0.2) is 6.61 Å². The molecule has 0 spiro atoms. The Labute approximate surface area is 129 Å². The fraction of sp³-hybridized carbons (Fsp3) is 0.312. The van der Waals surface area contributed by atoms with Crippen LogP contribution in [0.5, 0.6) is 0 Å². The lowest BCUT2D eigenvalue weighted by Crippen LogP contribution is -2.28. The molecule has 0 bridgehead atoms. The number of nitrogens with one attached hydrogen (secondary N) is 1. The number of nitrogens with zero attached hydrogens (tertiary/aromatic N) is 2. The molecule has 1 aromatic rings. The summed E-state index contributed by atoms with van der Waals surface area (Å²) >= 11 is 0. The zero-order chi connectivity index (χ0) is 15.9. The molecule has 0 atom stereocenters. The molecular weight excluding hydrogens is 282 g/mol. The molecule has 6 nitrogen and oxygen atoms in total. The molecule has 0 fully saturated rings. The van der Waals surface area contributed by atoms with Crippen molar-refractivity contribution < 1.29 is 14.3 Å². The summed E-state index contributed by atoms with van der Waals surface area (Å²) in [4.78, 5) is 23.2. The molecule has 0 saturated heterocycles. The molecule has 0 unspecified atom stereocenters. The van der Waals surface area contributed by atoms with Crippen LogP contribution in [0.2, 0.25) is 0 Å². The van der Waals surface area contributed by atoms with Crippen molar-refractivity contribution >= 4 is 23.3 Å². The van der Waals surface area contributed by atoms with E-state index < -0.39 is 5.97 Å². The summed E-state index contributed by atoms with van der Waals surface area (Å²) in [5.41, 5.74) is 2.42. The van der Waals surface area contributed by atoms with Crippen LogP contribution in [0, 0.1) is 0 Å². The second-order valence-electron chi connectivity index (χ2n) is 4.92. The molecule has 1 heterocycles. The summed E-state index contributed by atoms with van der Waals surface area (Å²) in [6.07, 6.45) is 2.50. The van der Waals surface area contributed by atoms with Gasteiger partial charge in [-0.05, 0) is 31.2 Å². The van der Waals surface area contributed by atoms with Gasteiger partial charge in [0.05, 0.1) is 11.3 Å². The zero-order valence-electron chi connectivity index (χ0n) is 12.5. The average Bonchev–Trinajstić information content (AvgIpc) is 2.97. The van der Waals surface area contributed by atoms with Crippen molar-refractivity contribution in [2.75, 3.05) is 24.7 Å². The third-order valence-electron chi connectivity index (χ3n) is 3.16. The van der Waals surface area contributed by atoms with Crippen molar-refractivity contribution in [2.45, 2.75) is 13.3 Å². The molecule has 0 saturated carbocycles. The fourth-order valence-electron chi connectivity index (χ4n) is 1.98. The van der Waals surface area contributed by atoms with E-state index in [0.29, 0.717) is 12.1 Å². The third-order valence-corrected chi connectivity index (χ3v) is 3.16. The summed E-state index contributed by atoms with van der Waals surface area (Å²) in [5.74, 6) is -0.881. The van der Waals surface area contributed by atoms with Crippen LogP contribution in [0.25, 0.3) is 0 Å². The van der Waals surface area contributed by atoms with Gasteiger partial charge >= 0.3 is 5.97 Å². The zero-order valence-corrected chi connectivity index (χ0v) is 12.5. The Bertz CT molecular complexity index is 593. The van der Waals surface area contributed by atoms with E-state index in [1.54, 1.807) is 18.2 Å². The summed E-state index contributed by atoms with van der Waals surface area (Å²) in [7, 11) is 0. The van der Waals surface area contributed by atoms with Crippen molar-refractivity contribution in [3.8, 4) is 0 Å². The molecule has 1 aliphatic rings. The van der Waals surface area contributed by atoms with E-state index in [1.807, 2.05) is 24.1 Å². The Hall–Kier alpha value is -2.63. The number of carbonyl (C=O) groups excluding carboxylic acids is 2. The lowest BCUT2D eigenvalue weighted by atomic mass is 10.2. The molecule has 1 aliphatic heterocycles. The highest BCUT2D eigenvalue weighted by atomic mass is 16.5. The van der Waals surface area contributed by atoms with Crippen molar-refractivity contribution in [1.29, 1.82) is 0 Å². The van der Waals surface area contributed by atoms with Crippen LogP contribution in [0.3, 0.4) is 0 Å². The predicted molar refractivity (Wildman–Crippen MR) is 85.0 cm³/mol. The fourth-order valence-corrected chi connectivity index (χ4v) is 1.98. The second-order valence-corrected chi connectivity index (χ2v) is 4.92. The molecule has 22 heavy (non-hydrogen) atoms. The van der Waals surface area contributed by atoms with Gasteiger partial charge in [-0.3, -0.25) is 9.80 Å². The van der Waals surface area contributed by atoms with Gasteiger partial charge in [-0.15, -0.1) is 6.58 Å². The first-order valence-corrected chi connectivity index (χ1v) is 7.06. The Morgan fingerprint density at radius 3 is 2.73 bits per heavy atom. The number of esters is 1. The van der Waals surface area contributed by atoms with Gasteiger partial charge in [0, 0.05) is 25.2 Å². The van der Waals surface area contributed by atoms with Crippen molar-refractivity contribution in [3.63, 3.8) is 0 Å². The van der Waals surface area contributed by atoms with E-state index in [4.69, 9.17) is 4.74 Å². The summed E-state index contributed by atoms with van der Waals surface area (Å²) in [5, 5.41) is 8.82. The summed E-state index contributed by atoms with van der Waals surface area (Å²) in [6.45, 7) is 6.37. The number of benzene rings is 1. The van der Waals surface area contributed by atoms with Crippen LogP contribution in [0.4, 0.5) is 5.69 Å². The maximum atomic E-state index is 11.8. The van der Waals surface area contributed by atoms with Crippen LogP contribution < -0.4 is 10.3 Å². The number of anilines is 1. The average molecular weight is 301 g/mol. The Balaban J connectivity index is 1.88. The van der Waals surface area contributed by atoms with Crippen LogP contribution in [-0.2, 0) is 9.53 Å². The monoisotopic (exact) mass is 301 g/mol. The van der Waals surface area contributed by atoms with Crippen molar-refractivity contribution in [2.24, 2.45) is 5.10 Å². The Kier molecular flexibility index (Phi) is 5.30. The quantitative estimate of drug-likeness (QED) is 0.641. The minimum absolute atomic E-state index is 0.302. The third kappa shape index (κ3) is 4.18. The van der Waals surface area contributed by atoms with E-state index in [-0.39, 0.29) is 12.5 Å². The van der Waals surface area contributed by atoms with Crippen LogP contribution in [0.1, 0.15) is 23.7 Å². The van der Waals surface area contributed by atoms with Crippen molar-refractivity contribution in [3.05, 3.63) is 42.5 Å². The topological polar surface area (TPSA) is 71.0 Å². The Morgan fingerprint density at radius 1 is 1.41 bits per heavy atom. The number of hydrazone groups is 1. The molecule has 1 N–H and O–H groups in total. The molecule has 6 heteroatoms. The number of ether oxygens (including phenoxy) is 1. The van der Waals surface area contributed by atoms with Gasteiger partial charge in [-0.25, -0.2) is 4.79 Å². The van der Waals surface area contributed by atoms with Crippen LogP contribution in [-0.4, -0.2) is 37.3 Å². The van der Waals surface area contributed by atoms with E-state index in [1.165, 1.54) is 0 Å². The SMILES string of the molecule is C=CCNC(=O)COC(=O)c1ccc(N2CCC(C)=N2)cc1. The minimum Gasteiger partial charge on any atom is -0.452 e. The molecule has 2 rings (SSSR count). The van der Waals surface area contributed by atoms with Gasteiger partial charge in [0.25, 0.3) is 5.91 Å². The maximum Gasteiger partial charge on any atom is 0.338 e. The number of hydrogen-bond donors (Lipinski definition) is 1. The van der Waals surface area contributed by atoms with Gasteiger partial charge in [0.1, 0.15) is 0 Å². The van der Waals surface area contributed by atoms with Gasteiger partial charge in [0.2, 0.25) is 0 Å². The highest BCUT2D eigenvalue weighted by Gasteiger charge is 2.14. The smallest absolute Gasteiger partial charge is 0.338 e. The van der Waals surface area contributed by atoms with Gasteiger partial charge in [-0.2, -0.15) is 5.10 Å². The normalized spacial score (nSPS) is 13.5. The first-order chi connectivity index (χ1) is 10.6. The minimum atomic E-state index is -0.526. The highest BCUT2D eigenvalue weighted by molar-refractivity contribution is 5.92. The maximum absolute atomic E-state index is 11.8. The highest BCUT2D eigenvalue weighted by Crippen LogP contribution is 2.20. The van der Waals surface area contributed by atoms with Gasteiger partial charge in [-0.1, -0.05) is 6.08 Å². The number of hydrogen-bond acceptors (Lipinski definition) is 5. The molecule has 1 aromatic carbocycles. The lowest BCUT2D eigenvalue weighted by Gasteiger charge is -2.13. The first kappa shape index (κ1) is 15.8. The molecular formula is C16H19N3O3.